The van der Waals surface area contributed by atoms with Gasteiger partial charge in [-0.2, -0.15) is 0 Å². The van der Waals surface area contributed by atoms with Crippen LogP contribution in [0.15, 0.2) is 59.1 Å². The average molecular weight is 459 g/mol. The Labute approximate surface area is 189 Å². The maximum absolute atomic E-state index is 12.5. The van der Waals surface area contributed by atoms with Gasteiger partial charge in [-0.3, -0.25) is 4.79 Å². The summed E-state index contributed by atoms with van der Waals surface area (Å²) < 4.78 is 47.0. The smallest absolute Gasteiger partial charge is 0.406 e. The number of aliphatic imine (C=N–C) groups is 1. The van der Waals surface area contributed by atoms with E-state index in [1.165, 1.54) is 12.1 Å². The number of guanidine groups is 1. The Morgan fingerprint density at radius 1 is 1.18 bits per heavy atom. The molecule has 174 valence electrons. The van der Waals surface area contributed by atoms with Gasteiger partial charge in [-0.15, -0.1) is 13.2 Å². The van der Waals surface area contributed by atoms with E-state index in [0.717, 1.165) is 36.1 Å². The lowest BCUT2D eigenvalue weighted by molar-refractivity contribution is -0.274. The monoisotopic (exact) mass is 459 g/mol. The third-order valence-electron chi connectivity index (χ3n) is 5.55. The molecule has 0 saturated carbocycles. The number of ether oxygens (including phenoxy) is 2. The van der Waals surface area contributed by atoms with E-state index in [1.807, 2.05) is 24.0 Å². The summed E-state index contributed by atoms with van der Waals surface area (Å²) in [7, 11) is 0. The first-order chi connectivity index (χ1) is 15.8. The van der Waals surface area contributed by atoms with Gasteiger partial charge < -0.3 is 19.7 Å². The van der Waals surface area contributed by atoms with Crippen LogP contribution in [-0.2, 0) is 4.74 Å². The molecule has 0 bridgehead atoms. The molecular weight excluding hydrogens is 435 g/mol. The maximum Gasteiger partial charge on any atom is 0.573 e. The van der Waals surface area contributed by atoms with Gasteiger partial charge >= 0.3 is 6.36 Å². The molecule has 1 fully saturated rings. The second-order valence-electron chi connectivity index (χ2n) is 8.04. The van der Waals surface area contributed by atoms with Crippen molar-refractivity contribution in [3.05, 3.63) is 65.2 Å². The van der Waals surface area contributed by atoms with Crippen molar-refractivity contribution in [3.63, 3.8) is 0 Å². The number of anilines is 1. The van der Waals surface area contributed by atoms with Crippen LogP contribution >= 0.6 is 0 Å². The van der Waals surface area contributed by atoms with Crippen molar-refractivity contribution in [1.82, 2.24) is 5.32 Å². The molecule has 2 heterocycles. The SMILES string of the molecule is CC1=C(c2ccc(C=O)cc2)N=C(NCC2CCOC2)N(c2ccc(OC(F)(F)F)cc2)C1. The first kappa shape index (κ1) is 22.8. The topological polar surface area (TPSA) is 63.2 Å². The number of alkyl halides is 3. The number of hydrogen-bond acceptors (Lipinski definition) is 6. The van der Waals surface area contributed by atoms with Gasteiger partial charge in [0.05, 0.1) is 12.3 Å². The summed E-state index contributed by atoms with van der Waals surface area (Å²) in [6, 6.07) is 12.9. The summed E-state index contributed by atoms with van der Waals surface area (Å²) in [6.07, 6.45) is -2.99. The highest BCUT2D eigenvalue weighted by Gasteiger charge is 2.31. The fourth-order valence-electron chi connectivity index (χ4n) is 3.84. The van der Waals surface area contributed by atoms with Crippen molar-refractivity contribution in [2.75, 3.05) is 31.2 Å². The summed E-state index contributed by atoms with van der Waals surface area (Å²) in [5.41, 5.74) is 3.94. The van der Waals surface area contributed by atoms with Gasteiger partial charge in [-0.05, 0) is 43.2 Å². The normalized spacial score (nSPS) is 18.8. The lowest BCUT2D eigenvalue weighted by Crippen LogP contribution is -2.46. The van der Waals surface area contributed by atoms with Gasteiger partial charge in [0.15, 0.2) is 0 Å². The number of carbonyl (C=O) groups is 1. The fourth-order valence-corrected chi connectivity index (χ4v) is 3.84. The minimum Gasteiger partial charge on any atom is -0.406 e. The Bertz CT molecular complexity index is 1040. The number of halogens is 3. The van der Waals surface area contributed by atoms with E-state index in [2.05, 4.69) is 10.1 Å². The standard InChI is InChI=1S/C24H24F3N3O3/c1-16-13-30(20-6-8-21(9-7-20)33-24(25,26)27)23(28-12-18-10-11-32-15-18)29-22(16)19-4-2-17(14-31)3-5-19/h2-9,14,18H,10-13,15H2,1H3,(H,28,29). The molecule has 4 rings (SSSR count). The second kappa shape index (κ2) is 9.66. The van der Waals surface area contributed by atoms with Crippen LogP contribution in [0, 0.1) is 5.92 Å². The summed E-state index contributed by atoms with van der Waals surface area (Å²) in [5.74, 6) is 0.687. The Hall–Kier alpha value is -3.33. The molecule has 9 heteroatoms. The van der Waals surface area contributed by atoms with Crippen molar-refractivity contribution in [3.8, 4) is 5.75 Å². The molecule has 1 atom stereocenters. The minimum absolute atomic E-state index is 0.277. The second-order valence-corrected chi connectivity index (χ2v) is 8.04. The van der Waals surface area contributed by atoms with Crippen molar-refractivity contribution < 1.29 is 27.4 Å². The molecule has 2 aromatic rings. The van der Waals surface area contributed by atoms with E-state index in [1.54, 1.807) is 24.3 Å². The summed E-state index contributed by atoms with van der Waals surface area (Å²) in [4.78, 5) is 17.8. The minimum atomic E-state index is -4.74. The highest BCUT2D eigenvalue weighted by atomic mass is 19.4. The van der Waals surface area contributed by atoms with E-state index in [9.17, 15) is 18.0 Å². The maximum atomic E-state index is 12.5. The van der Waals surface area contributed by atoms with Crippen molar-refractivity contribution in [2.45, 2.75) is 19.7 Å². The van der Waals surface area contributed by atoms with E-state index in [-0.39, 0.29) is 5.75 Å². The van der Waals surface area contributed by atoms with Crippen LogP contribution in [0.5, 0.6) is 5.75 Å². The molecule has 33 heavy (non-hydrogen) atoms. The summed E-state index contributed by atoms with van der Waals surface area (Å²) in [6.45, 7) is 4.54. The lowest BCUT2D eigenvalue weighted by Gasteiger charge is -2.32. The molecule has 1 saturated heterocycles. The van der Waals surface area contributed by atoms with Crippen molar-refractivity contribution >= 4 is 23.6 Å². The zero-order chi connectivity index (χ0) is 23.4. The Kier molecular flexibility index (Phi) is 6.69. The molecule has 0 amide bonds. The number of rotatable bonds is 6. The summed E-state index contributed by atoms with van der Waals surface area (Å²) >= 11 is 0. The first-order valence-corrected chi connectivity index (χ1v) is 10.6. The summed E-state index contributed by atoms with van der Waals surface area (Å²) in [5, 5.41) is 3.40. The van der Waals surface area contributed by atoms with Crippen LogP contribution in [-0.4, -0.2) is 44.9 Å². The van der Waals surface area contributed by atoms with Crippen molar-refractivity contribution in [1.29, 1.82) is 0 Å². The van der Waals surface area contributed by atoms with Crippen LogP contribution < -0.4 is 15.0 Å². The Morgan fingerprint density at radius 2 is 1.91 bits per heavy atom. The molecule has 2 aliphatic heterocycles. The van der Waals surface area contributed by atoms with Gasteiger partial charge in [-0.1, -0.05) is 24.3 Å². The van der Waals surface area contributed by atoms with Crippen LogP contribution in [0.2, 0.25) is 0 Å². The van der Waals surface area contributed by atoms with E-state index >= 15 is 0 Å². The molecular formula is C24H24F3N3O3. The van der Waals surface area contributed by atoms with Crippen LogP contribution in [0.25, 0.3) is 5.70 Å². The number of hydrogen-bond donors (Lipinski definition) is 1. The zero-order valence-corrected chi connectivity index (χ0v) is 18.1. The number of nitrogens with one attached hydrogen (secondary N) is 1. The van der Waals surface area contributed by atoms with Crippen molar-refractivity contribution in [2.24, 2.45) is 10.9 Å². The quantitative estimate of drug-likeness (QED) is 0.639. The number of nitrogens with zero attached hydrogens (tertiary/aromatic N) is 2. The number of benzene rings is 2. The fraction of sp³-hybridized carbons (Fsp3) is 0.333. The molecule has 1 unspecified atom stereocenters. The predicted molar refractivity (Wildman–Crippen MR) is 119 cm³/mol. The van der Waals surface area contributed by atoms with Gasteiger partial charge in [0.2, 0.25) is 5.96 Å². The third-order valence-corrected chi connectivity index (χ3v) is 5.55. The molecule has 0 aromatic heterocycles. The van der Waals surface area contributed by atoms with E-state index in [0.29, 0.717) is 42.8 Å². The molecule has 2 aliphatic rings. The predicted octanol–water partition coefficient (Wildman–Crippen LogP) is 4.63. The highest BCUT2D eigenvalue weighted by molar-refractivity contribution is 6.02. The lowest BCUT2D eigenvalue weighted by atomic mass is 10.0. The first-order valence-electron chi connectivity index (χ1n) is 10.6. The zero-order valence-electron chi connectivity index (χ0n) is 18.1. The van der Waals surface area contributed by atoms with Gasteiger partial charge in [0.25, 0.3) is 0 Å². The number of aldehydes is 1. The average Bonchev–Trinajstić information content (AvgIpc) is 3.31. The third kappa shape index (κ3) is 5.73. The molecule has 0 aliphatic carbocycles. The van der Waals surface area contributed by atoms with Crippen LogP contribution in [0.4, 0.5) is 18.9 Å². The molecule has 2 aromatic carbocycles. The Balaban J connectivity index is 1.61. The van der Waals surface area contributed by atoms with Crippen LogP contribution in [0.1, 0.15) is 29.3 Å². The molecule has 0 spiro atoms. The highest BCUT2D eigenvalue weighted by Crippen LogP contribution is 2.30. The molecule has 0 radical (unpaired) electrons. The van der Waals surface area contributed by atoms with Crippen LogP contribution in [0.3, 0.4) is 0 Å². The number of carbonyl (C=O) groups excluding carboxylic acids is 1. The molecule has 1 N–H and O–H groups in total. The van der Waals surface area contributed by atoms with Gasteiger partial charge in [-0.25, -0.2) is 4.99 Å². The molecule has 6 nitrogen and oxygen atoms in total. The Morgan fingerprint density at radius 3 is 2.52 bits per heavy atom. The van der Waals surface area contributed by atoms with E-state index < -0.39 is 6.36 Å². The van der Waals surface area contributed by atoms with Gasteiger partial charge in [0, 0.05) is 42.4 Å². The van der Waals surface area contributed by atoms with E-state index in [4.69, 9.17) is 9.73 Å². The largest absolute Gasteiger partial charge is 0.573 e. The van der Waals surface area contributed by atoms with Gasteiger partial charge in [0.1, 0.15) is 12.0 Å².